The average Bonchev–Trinajstić information content (AvgIpc) is 2.38. The number of hydrogen-bond donors (Lipinski definition) is 1. The molecule has 2 nitrogen and oxygen atoms in total. The van der Waals surface area contributed by atoms with Gasteiger partial charge >= 0.3 is 0 Å². The summed E-state index contributed by atoms with van der Waals surface area (Å²) in [5.41, 5.74) is 1.05. The summed E-state index contributed by atoms with van der Waals surface area (Å²) >= 11 is 6.21. The molecule has 1 saturated heterocycles. The highest BCUT2D eigenvalue weighted by atomic mass is 35.5. The Bertz CT molecular complexity index is 353. The Kier molecular flexibility index (Phi) is 4.77. The molecule has 1 N–H and O–H groups in total. The molecule has 0 amide bonds. The van der Waals surface area contributed by atoms with E-state index in [0.717, 1.165) is 36.8 Å². The number of piperazine rings is 1. The van der Waals surface area contributed by atoms with E-state index in [4.69, 9.17) is 11.6 Å². The van der Waals surface area contributed by atoms with Crippen LogP contribution in [0.3, 0.4) is 0 Å². The van der Waals surface area contributed by atoms with Crippen LogP contribution in [-0.4, -0.2) is 37.8 Å². The zero-order valence-electron chi connectivity index (χ0n) is 9.83. The van der Waals surface area contributed by atoms with E-state index in [9.17, 15) is 4.39 Å². The maximum Gasteiger partial charge on any atom is 0.0912 e. The average molecular weight is 257 g/mol. The summed E-state index contributed by atoms with van der Waals surface area (Å²) in [6.07, 6.45) is 0.518. The summed E-state index contributed by atoms with van der Waals surface area (Å²) in [6.45, 7) is 3.53. The lowest BCUT2D eigenvalue weighted by Gasteiger charge is -2.35. The van der Waals surface area contributed by atoms with Crippen molar-refractivity contribution in [1.29, 1.82) is 0 Å². The van der Waals surface area contributed by atoms with E-state index in [-0.39, 0.29) is 12.7 Å². The second-order valence-electron chi connectivity index (χ2n) is 4.30. The fourth-order valence-electron chi connectivity index (χ4n) is 2.38. The highest BCUT2D eigenvalue weighted by Gasteiger charge is 2.23. The van der Waals surface area contributed by atoms with Crippen molar-refractivity contribution in [3.8, 4) is 0 Å². The number of halogens is 2. The van der Waals surface area contributed by atoms with Gasteiger partial charge in [0.2, 0.25) is 0 Å². The molecule has 0 saturated carbocycles. The Morgan fingerprint density at radius 3 is 2.65 bits per heavy atom. The molecule has 1 aliphatic heterocycles. The SMILES string of the molecule is FCC[C@@H](c1ccccc1Cl)N1CCNCC1. The number of rotatable bonds is 4. The normalized spacial score (nSPS) is 19.2. The third-order valence-corrected chi connectivity index (χ3v) is 3.58. The number of hydrogen-bond acceptors (Lipinski definition) is 2. The molecule has 0 aliphatic carbocycles. The van der Waals surface area contributed by atoms with Crippen molar-refractivity contribution in [2.45, 2.75) is 12.5 Å². The van der Waals surface area contributed by atoms with Gasteiger partial charge < -0.3 is 5.32 Å². The number of alkyl halides is 1. The minimum absolute atomic E-state index is 0.107. The molecule has 1 aromatic carbocycles. The van der Waals surface area contributed by atoms with Crippen molar-refractivity contribution in [3.05, 3.63) is 34.9 Å². The predicted octanol–water partition coefficient (Wildman–Crippen LogP) is 2.65. The van der Waals surface area contributed by atoms with Crippen molar-refractivity contribution in [2.24, 2.45) is 0 Å². The van der Waals surface area contributed by atoms with E-state index in [1.807, 2.05) is 24.3 Å². The Morgan fingerprint density at radius 1 is 1.29 bits per heavy atom. The van der Waals surface area contributed by atoms with Crippen LogP contribution in [0.5, 0.6) is 0 Å². The van der Waals surface area contributed by atoms with Crippen LogP contribution in [0.4, 0.5) is 4.39 Å². The minimum Gasteiger partial charge on any atom is -0.314 e. The van der Waals surface area contributed by atoms with Gasteiger partial charge in [-0.3, -0.25) is 9.29 Å². The van der Waals surface area contributed by atoms with Gasteiger partial charge in [-0.15, -0.1) is 0 Å². The van der Waals surface area contributed by atoms with E-state index in [1.54, 1.807) is 0 Å². The first kappa shape index (κ1) is 12.8. The standard InChI is InChI=1S/C13H18ClFN2/c14-12-4-2-1-3-11(12)13(5-6-15)17-9-7-16-8-10-17/h1-4,13,16H,5-10H2/t13-/m0/s1. The second kappa shape index (κ2) is 6.34. The molecule has 1 heterocycles. The molecular formula is C13H18ClFN2. The third kappa shape index (κ3) is 3.18. The van der Waals surface area contributed by atoms with E-state index in [0.29, 0.717) is 6.42 Å². The largest absolute Gasteiger partial charge is 0.314 e. The highest BCUT2D eigenvalue weighted by molar-refractivity contribution is 6.31. The van der Waals surface area contributed by atoms with Crippen LogP contribution < -0.4 is 5.32 Å². The van der Waals surface area contributed by atoms with Crippen LogP contribution in [0, 0.1) is 0 Å². The zero-order chi connectivity index (χ0) is 12.1. The number of benzene rings is 1. The van der Waals surface area contributed by atoms with Crippen molar-refractivity contribution in [1.82, 2.24) is 10.2 Å². The van der Waals surface area contributed by atoms with Crippen molar-refractivity contribution >= 4 is 11.6 Å². The van der Waals surface area contributed by atoms with Crippen molar-refractivity contribution in [3.63, 3.8) is 0 Å². The zero-order valence-corrected chi connectivity index (χ0v) is 10.6. The Morgan fingerprint density at radius 2 is 2.00 bits per heavy atom. The number of nitrogens with one attached hydrogen (secondary N) is 1. The Hall–Kier alpha value is -0.640. The molecule has 17 heavy (non-hydrogen) atoms. The molecule has 0 bridgehead atoms. The summed E-state index contributed by atoms with van der Waals surface area (Å²) in [6, 6.07) is 7.87. The van der Waals surface area contributed by atoms with Gasteiger partial charge in [-0.2, -0.15) is 0 Å². The molecule has 0 aromatic heterocycles. The summed E-state index contributed by atoms with van der Waals surface area (Å²) in [5, 5.41) is 4.05. The van der Waals surface area contributed by atoms with Gasteiger partial charge in [-0.25, -0.2) is 0 Å². The summed E-state index contributed by atoms with van der Waals surface area (Å²) in [4.78, 5) is 2.32. The van der Waals surface area contributed by atoms with Crippen molar-refractivity contribution in [2.75, 3.05) is 32.9 Å². The summed E-state index contributed by atoms with van der Waals surface area (Å²) in [5.74, 6) is 0. The van der Waals surface area contributed by atoms with Crippen LogP contribution in [0.1, 0.15) is 18.0 Å². The van der Waals surface area contributed by atoms with E-state index < -0.39 is 0 Å². The lowest BCUT2D eigenvalue weighted by molar-refractivity contribution is 0.157. The first-order chi connectivity index (χ1) is 8.33. The molecule has 0 radical (unpaired) electrons. The maximum absolute atomic E-state index is 12.7. The Balaban J connectivity index is 2.18. The molecule has 1 fully saturated rings. The highest BCUT2D eigenvalue weighted by Crippen LogP contribution is 2.30. The maximum atomic E-state index is 12.7. The first-order valence-electron chi connectivity index (χ1n) is 6.08. The molecule has 2 rings (SSSR count). The minimum atomic E-state index is -0.306. The van der Waals surface area contributed by atoms with Gasteiger partial charge in [0.15, 0.2) is 0 Å². The van der Waals surface area contributed by atoms with Crippen LogP contribution in [0.15, 0.2) is 24.3 Å². The van der Waals surface area contributed by atoms with E-state index in [1.165, 1.54) is 0 Å². The number of nitrogens with zero attached hydrogens (tertiary/aromatic N) is 1. The molecule has 0 spiro atoms. The van der Waals surface area contributed by atoms with E-state index >= 15 is 0 Å². The van der Waals surface area contributed by atoms with Crippen LogP contribution in [0.2, 0.25) is 5.02 Å². The fourth-order valence-corrected chi connectivity index (χ4v) is 2.64. The quantitative estimate of drug-likeness (QED) is 0.891. The first-order valence-corrected chi connectivity index (χ1v) is 6.46. The van der Waals surface area contributed by atoms with Crippen LogP contribution in [0.25, 0.3) is 0 Å². The van der Waals surface area contributed by atoms with Gasteiger partial charge in [-0.1, -0.05) is 29.8 Å². The van der Waals surface area contributed by atoms with Gasteiger partial charge in [0.05, 0.1) is 6.67 Å². The lowest BCUT2D eigenvalue weighted by atomic mass is 10.0. The monoisotopic (exact) mass is 256 g/mol. The lowest BCUT2D eigenvalue weighted by Crippen LogP contribution is -2.45. The fraction of sp³-hybridized carbons (Fsp3) is 0.538. The second-order valence-corrected chi connectivity index (χ2v) is 4.71. The molecule has 4 heteroatoms. The predicted molar refractivity (Wildman–Crippen MR) is 69.2 cm³/mol. The third-order valence-electron chi connectivity index (χ3n) is 3.24. The summed E-state index contributed by atoms with van der Waals surface area (Å²) < 4.78 is 12.7. The Labute approximate surface area is 107 Å². The molecule has 1 atom stereocenters. The van der Waals surface area contributed by atoms with E-state index in [2.05, 4.69) is 10.2 Å². The smallest absolute Gasteiger partial charge is 0.0912 e. The van der Waals surface area contributed by atoms with Gasteiger partial charge in [0.1, 0.15) is 0 Å². The van der Waals surface area contributed by atoms with Crippen LogP contribution in [-0.2, 0) is 0 Å². The topological polar surface area (TPSA) is 15.3 Å². The molecule has 0 unspecified atom stereocenters. The molecule has 94 valence electrons. The van der Waals surface area contributed by atoms with Crippen molar-refractivity contribution < 1.29 is 4.39 Å². The summed E-state index contributed by atoms with van der Waals surface area (Å²) in [7, 11) is 0. The van der Waals surface area contributed by atoms with Crippen LogP contribution >= 0.6 is 11.6 Å². The molecule has 1 aromatic rings. The molecular weight excluding hydrogens is 239 g/mol. The van der Waals surface area contributed by atoms with Gasteiger partial charge in [-0.05, 0) is 18.1 Å². The molecule has 1 aliphatic rings. The van der Waals surface area contributed by atoms with Gasteiger partial charge in [0, 0.05) is 37.2 Å². The van der Waals surface area contributed by atoms with Gasteiger partial charge in [0.25, 0.3) is 0 Å².